The molecule has 0 aromatic heterocycles. The second kappa shape index (κ2) is 14.8. The highest BCUT2D eigenvalue weighted by Crippen LogP contribution is 2.33. The monoisotopic (exact) mass is 584 g/mol. The number of aryl methyl sites for hydroxylation is 2. The number of amides is 4. The highest BCUT2D eigenvalue weighted by molar-refractivity contribution is 6.10. The third kappa shape index (κ3) is 8.75. The molecule has 1 aliphatic rings. The van der Waals surface area contributed by atoms with E-state index in [0.717, 1.165) is 11.1 Å². The molecule has 0 spiro atoms. The summed E-state index contributed by atoms with van der Waals surface area (Å²) in [6.07, 6.45) is 0.999. The third-order valence-corrected chi connectivity index (χ3v) is 7.17. The fourth-order valence-corrected chi connectivity index (χ4v) is 5.07. The number of hydrogen-bond acceptors (Lipinski definition) is 5. The number of anilines is 2. The number of carboxylic acids is 1. The summed E-state index contributed by atoms with van der Waals surface area (Å²) in [6.45, 7) is 1.05. The molecule has 0 saturated carbocycles. The van der Waals surface area contributed by atoms with E-state index >= 15 is 0 Å². The fraction of sp³-hybridized carbons (Fsp3) is 0.303. The zero-order valence-corrected chi connectivity index (χ0v) is 24.1. The number of para-hydroxylation sites is 2. The molecule has 10 nitrogen and oxygen atoms in total. The van der Waals surface area contributed by atoms with Crippen molar-refractivity contribution in [3.8, 4) is 0 Å². The van der Waals surface area contributed by atoms with E-state index in [-0.39, 0.29) is 37.6 Å². The average Bonchev–Trinajstić information content (AvgIpc) is 3.10. The first-order chi connectivity index (χ1) is 20.7. The number of nitrogens with one attached hydrogen (secondary N) is 2. The summed E-state index contributed by atoms with van der Waals surface area (Å²) in [4.78, 5) is 67.5. The van der Waals surface area contributed by atoms with E-state index in [0.29, 0.717) is 24.2 Å². The highest BCUT2D eigenvalue weighted by atomic mass is 16.4. The van der Waals surface area contributed by atoms with Crippen molar-refractivity contribution in [1.82, 2.24) is 10.6 Å². The summed E-state index contributed by atoms with van der Waals surface area (Å²) in [6, 6.07) is 24.1. The van der Waals surface area contributed by atoms with Gasteiger partial charge in [0, 0.05) is 18.9 Å². The quantitative estimate of drug-likeness (QED) is 0.299. The van der Waals surface area contributed by atoms with Crippen LogP contribution in [0.4, 0.5) is 11.4 Å². The minimum Gasteiger partial charge on any atom is -0.481 e. The third-order valence-electron chi connectivity index (χ3n) is 7.17. The Hall–Kier alpha value is -4.99. The molecule has 3 aromatic rings. The molecule has 224 valence electrons. The Morgan fingerprint density at radius 3 is 1.98 bits per heavy atom. The number of nitrogens with zero attached hydrogens (tertiary/aromatic N) is 2. The molecule has 0 fully saturated rings. The van der Waals surface area contributed by atoms with Crippen molar-refractivity contribution in [2.75, 3.05) is 22.9 Å². The smallest absolute Gasteiger partial charge is 0.305 e. The highest BCUT2D eigenvalue weighted by Gasteiger charge is 2.37. The van der Waals surface area contributed by atoms with Crippen LogP contribution >= 0.6 is 0 Å². The molecular weight excluding hydrogens is 548 g/mol. The molecule has 2 atom stereocenters. The first kappa shape index (κ1) is 31.0. The van der Waals surface area contributed by atoms with E-state index in [9.17, 15) is 24.0 Å². The van der Waals surface area contributed by atoms with Gasteiger partial charge in [-0.25, -0.2) is 0 Å². The summed E-state index contributed by atoms with van der Waals surface area (Å²) in [5, 5.41) is 14.5. The predicted octanol–water partition coefficient (Wildman–Crippen LogP) is 3.10. The SMILES string of the molecule is CC(CC(=O)O)NC(=O)CN1C(=O)C(NC(=O)CCc2ccccc2)CN(C(=O)CCc2ccccc2)c2ccccc21. The molecule has 3 aromatic carbocycles. The lowest BCUT2D eigenvalue weighted by atomic mass is 10.1. The van der Waals surface area contributed by atoms with Crippen molar-refractivity contribution >= 4 is 41.0 Å². The topological polar surface area (TPSA) is 136 Å². The van der Waals surface area contributed by atoms with E-state index in [1.54, 1.807) is 31.2 Å². The van der Waals surface area contributed by atoms with Gasteiger partial charge in [-0.2, -0.15) is 0 Å². The second-order valence-corrected chi connectivity index (χ2v) is 10.6. The maximum absolute atomic E-state index is 14.0. The van der Waals surface area contributed by atoms with Crippen LogP contribution in [0.3, 0.4) is 0 Å². The fourth-order valence-electron chi connectivity index (χ4n) is 5.07. The number of carbonyl (C=O) groups is 5. The van der Waals surface area contributed by atoms with Crippen molar-refractivity contribution in [3.05, 3.63) is 96.1 Å². The number of benzene rings is 3. The summed E-state index contributed by atoms with van der Waals surface area (Å²) < 4.78 is 0. The van der Waals surface area contributed by atoms with E-state index in [4.69, 9.17) is 5.11 Å². The first-order valence-corrected chi connectivity index (χ1v) is 14.3. The lowest BCUT2D eigenvalue weighted by molar-refractivity contribution is -0.137. The van der Waals surface area contributed by atoms with Gasteiger partial charge in [-0.3, -0.25) is 28.9 Å². The summed E-state index contributed by atoms with van der Waals surface area (Å²) in [7, 11) is 0. The largest absolute Gasteiger partial charge is 0.481 e. The average molecular weight is 585 g/mol. The molecule has 2 unspecified atom stereocenters. The van der Waals surface area contributed by atoms with Crippen LogP contribution < -0.4 is 20.4 Å². The van der Waals surface area contributed by atoms with E-state index in [2.05, 4.69) is 10.6 Å². The molecule has 1 heterocycles. The van der Waals surface area contributed by atoms with Crippen molar-refractivity contribution in [2.45, 2.75) is 51.1 Å². The molecule has 1 aliphatic heterocycles. The zero-order valence-electron chi connectivity index (χ0n) is 24.1. The Morgan fingerprint density at radius 2 is 1.37 bits per heavy atom. The van der Waals surface area contributed by atoms with E-state index in [1.807, 2.05) is 60.7 Å². The van der Waals surface area contributed by atoms with Crippen LogP contribution in [0, 0.1) is 0 Å². The molecule has 3 N–H and O–H groups in total. The van der Waals surface area contributed by atoms with Gasteiger partial charge in [0.15, 0.2) is 0 Å². The molecule has 0 aliphatic carbocycles. The Balaban J connectivity index is 1.59. The number of carbonyl (C=O) groups excluding carboxylic acids is 4. The molecule has 0 radical (unpaired) electrons. The molecule has 10 heteroatoms. The Kier molecular flexibility index (Phi) is 10.6. The van der Waals surface area contributed by atoms with Gasteiger partial charge in [0.2, 0.25) is 17.7 Å². The number of fused-ring (bicyclic) bond motifs is 1. The van der Waals surface area contributed by atoms with Crippen LogP contribution in [0.2, 0.25) is 0 Å². The van der Waals surface area contributed by atoms with Gasteiger partial charge in [-0.05, 0) is 43.0 Å². The summed E-state index contributed by atoms with van der Waals surface area (Å²) in [5.74, 6) is -2.75. The van der Waals surface area contributed by atoms with Crippen molar-refractivity contribution < 1.29 is 29.1 Å². The minimum absolute atomic E-state index is 0.103. The van der Waals surface area contributed by atoms with Crippen LogP contribution in [0.15, 0.2) is 84.9 Å². The number of carboxylic acid groups (broad SMARTS) is 1. The second-order valence-electron chi connectivity index (χ2n) is 10.6. The van der Waals surface area contributed by atoms with Crippen LogP contribution in [0.5, 0.6) is 0 Å². The molecule has 0 bridgehead atoms. The van der Waals surface area contributed by atoms with Gasteiger partial charge >= 0.3 is 5.97 Å². The molecule has 4 rings (SSSR count). The van der Waals surface area contributed by atoms with Gasteiger partial charge < -0.3 is 20.6 Å². The van der Waals surface area contributed by atoms with Gasteiger partial charge in [0.1, 0.15) is 12.6 Å². The van der Waals surface area contributed by atoms with Crippen molar-refractivity contribution in [1.29, 1.82) is 0 Å². The number of rotatable bonds is 12. The van der Waals surface area contributed by atoms with Gasteiger partial charge in [0.25, 0.3) is 5.91 Å². The van der Waals surface area contributed by atoms with Gasteiger partial charge in [-0.15, -0.1) is 0 Å². The number of hydrogen-bond donors (Lipinski definition) is 3. The van der Waals surface area contributed by atoms with E-state index < -0.39 is 36.4 Å². The Morgan fingerprint density at radius 1 is 0.814 bits per heavy atom. The maximum atomic E-state index is 14.0. The predicted molar refractivity (Wildman–Crippen MR) is 162 cm³/mol. The number of aliphatic carboxylic acids is 1. The Labute approximate surface area is 250 Å². The maximum Gasteiger partial charge on any atom is 0.305 e. The van der Waals surface area contributed by atoms with Crippen molar-refractivity contribution in [2.24, 2.45) is 0 Å². The lowest BCUT2D eigenvalue weighted by Crippen LogP contribution is -2.54. The van der Waals surface area contributed by atoms with Crippen LogP contribution in [-0.2, 0) is 36.8 Å². The molecule has 43 heavy (non-hydrogen) atoms. The normalized spacial score (nSPS) is 15.2. The van der Waals surface area contributed by atoms with Gasteiger partial charge in [-0.1, -0.05) is 72.8 Å². The molecule has 0 saturated heterocycles. The van der Waals surface area contributed by atoms with Crippen LogP contribution in [0.25, 0.3) is 0 Å². The zero-order chi connectivity index (χ0) is 30.8. The minimum atomic E-state index is -1.11. The van der Waals surface area contributed by atoms with Gasteiger partial charge in [0.05, 0.1) is 24.3 Å². The molecular formula is C33H36N4O6. The standard InChI is InChI=1S/C33H36N4O6/c1-23(20-32(41)42)34-30(39)22-37-28-15-9-8-14-27(28)36(31(40)19-17-25-12-6-3-7-13-25)21-26(33(37)43)35-29(38)18-16-24-10-4-2-5-11-24/h2-15,23,26H,16-22H2,1H3,(H,34,39)(H,35,38)(H,41,42). The van der Waals surface area contributed by atoms with Crippen LogP contribution in [-0.4, -0.2) is 59.9 Å². The van der Waals surface area contributed by atoms with Crippen LogP contribution in [0.1, 0.15) is 37.3 Å². The Bertz CT molecular complexity index is 1450. The first-order valence-electron chi connectivity index (χ1n) is 14.3. The summed E-state index contributed by atoms with van der Waals surface area (Å²) in [5.41, 5.74) is 2.77. The molecule has 4 amide bonds. The summed E-state index contributed by atoms with van der Waals surface area (Å²) >= 11 is 0. The van der Waals surface area contributed by atoms with Crippen molar-refractivity contribution in [3.63, 3.8) is 0 Å². The lowest BCUT2D eigenvalue weighted by Gasteiger charge is -2.25. The van der Waals surface area contributed by atoms with E-state index in [1.165, 1.54) is 9.80 Å².